The lowest BCUT2D eigenvalue weighted by Crippen LogP contribution is -2.37. The van der Waals surface area contributed by atoms with Crippen molar-refractivity contribution in [2.75, 3.05) is 25.4 Å². The lowest BCUT2D eigenvalue weighted by molar-refractivity contribution is -0.132. The van der Waals surface area contributed by atoms with E-state index in [2.05, 4.69) is 27.2 Å². The average Bonchev–Trinajstić information content (AvgIpc) is 3.33. The summed E-state index contributed by atoms with van der Waals surface area (Å²) in [6.45, 7) is 7.66. The molecule has 4 heterocycles. The standard InChI is InChI=1S/C22H24FN3O.C9H15N3/c1-2-5-20(27)26-12-9-15(10-13-26)21-17-8-7-16(23)14-19(17)25-22(21)18-6-3-4-11-24-18;1-2-4-11-7-8-3-5-12-9(10)6-8/h3-4,6-8,11,14-15,25H,2,5,9-10,12-13H2,1H3;3,5-6,11H,2,4,7H2,1H3,(H2,10,12). The van der Waals surface area contributed by atoms with E-state index in [-0.39, 0.29) is 11.7 Å². The zero-order chi connectivity index (χ0) is 27.6. The number of rotatable bonds is 8. The number of carbonyl (C=O) groups is 1. The number of aromatic nitrogens is 3. The highest BCUT2D eigenvalue weighted by molar-refractivity contribution is 5.91. The van der Waals surface area contributed by atoms with Gasteiger partial charge in [0.1, 0.15) is 11.6 Å². The number of hydrogen-bond acceptors (Lipinski definition) is 5. The molecule has 1 aliphatic rings. The molecule has 0 spiro atoms. The molecule has 0 aliphatic carbocycles. The Kier molecular flexibility index (Phi) is 10.0. The minimum Gasteiger partial charge on any atom is -0.384 e. The number of pyridine rings is 2. The van der Waals surface area contributed by atoms with Crippen molar-refractivity contribution in [2.24, 2.45) is 0 Å². The highest BCUT2D eigenvalue weighted by Crippen LogP contribution is 2.40. The summed E-state index contributed by atoms with van der Waals surface area (Å²) >= 11 is 0. The molecule has 3 aromatic heterocycles. The van der Waals surface area contributed by atoms with E-state index < -0.39 is 0 Å². The number of likely N-dealkylation sites (tertiary alicyclic amines) is 1. The van der Waals surface area contributed by atoms with Gasteiger partial charge in [-0.05, 0) is 91.7 Å². The highest BCUT2D eigenvalue weighted by atomic mass is 19.1. The Balaban J connectivity index is 0.000000247. The van der Waals surface area contributed by atoms with E-state index in [9.17, 15) is 9.18 Å². The number of nitrogens with zero attached hydrogens (tertiary/aromatic N) is 3. The van der Waals surface area contributed by atoms with Gasteiger partial charge in [0.25, 0.3) is 0 Å². The van der Waals surface area contributed by atoms with Gasteiger partial charge in [-0.15, -0.1) is 0 Å². The van der Waals surface area contributed by atoms with Gasteiger partial charge < -0.3 is 20.9 Å². The molecule has 5 rings (SSSR count). The molecule has 39 heavy (non-hydrogen) atoms. The molecule has 0 bridgehead atoms. The van der Waals surface area contributed by atoms with Crippen LogP contribution in [0.3, 0.4) is 0 Å². The van der Waals surface area contributed by atoms with Crippen LogP contribution in [0.4, 0.5) is 10.2 Å². The third-order valence-electron chi connectivity index (χ3n) is 7.04. The van der Waals surface area contributed by atoms with E-state index in [1.54, 1.807) is 18.5 Å². The average molecular weight is 531 g/mol. The maximum atomic E-state index is 13.8. The van der Waals surface area contributed by atoms with Crippen LogP contribution in [0.1, 0.15) is 63.0 Å². The first-order valence-electron chi connectivity index (χ1n) is 13.9. The number of nitrogens with one attached hydrogen (secondary N) is 2. The summed E-state index contributed by atoms with van der Waals surface area (Å²) in [6.07, 6.45) is 8.00. The van der Waals surface area contributed by atoms with Gasteiger partial charge in [-0.3, -0.25) is 9.78 Å². The molecule has 0 atom stereocenters. The van der Waals surface area contributed by atoms with E-state index in [0.717, 1.165) is 74.2 Å². The molecule has 1 amide bonds. The van der Waals surface area contributed by atoms with Gasteiger partial charge in [0, 0.05) is 49.4 Å². The van der Waals surface area contributed by atoms with Gasteiger partial charge >= 0.3 is 0 Å². The second kappa shape index (κ2) is 13.8. The molecule has 1 aromatic carbocycles. The van der Waals surface area contributed by atoms with E-state index in [4.69, 9.17) is 5.73 Å². The number of carbonyl (C=O) groups excluding carboxylic acids is 1. The van der Waals surface area contributed by atoms with Crippen LogP contribution in [-0.2, 0) is 11.3 Å². The Morgan fingerprint density at radius 3 is 2.59 bits per heavy atom. The van der Waals surface area contributed by atoms with Gasteiger partial charge in [-0.2, -0.15) is 0 Å². The van der Waals surface area contributed by atoms with Crippen LogP contribution in [0.2, 0.25) is 0 Å². The van der Waals surface area contributed by atoms with E-state index in [1.807, 2.05) is 48.2 Å². The number of aromatic amines is 1. The fraction of sp³-hybridized carbons (Fsp3) is 0.387. The zero-order valence-electron chi connectivity index (χ0n) is 22.9. The molecule has 7 nitrogen and oxygen atoms in total. The minimum atomic E-state index is -0.247. The van der Waals surface area contributed by atoms with Crippen molar-refractivity contribution in [1.82, 2.24) is 25.2 Å². The Bertz CT molecular complexity index is 1350. The lowest BCUT2D eigenvalue weighted by Gasteiger charge is -2.32. The van der Waals surface area contributed by atoms with Crippen molar-refractivity contribution in [1.29, 1.82) is 0 Å². The molecule has 1 saturated heterocycles. The van der Waals surface area contributed by atoms with E-state index >= 15 is 0 Å². The number of piperidine rings is 1. The van der Waals surface area contributed by atoms with Crippen molar-refractivity contribution >= 4 is 22.6 Å². The highest BCUT2D eigenvalue weighted by Gasteiger charge is 2.28. The van der Waals surface area contributed by atoms with Gasteiger partial charge in [-0.25, -0.2) is 9.37 Å². The van der Waals surface area contributed by atoms with Crippen molar-refractivity contribution in [3.05, 3.63) is 77.9 Å². The number of benzene rings is 1. The summed E-state index contributed by atoms with van der Waals surface area (Å²) in [5.74, 6) is 0.919. The number of amides is 1. The topological polar surface area (TPSA) is 99.9 Å². The molecule has 1 fully saturated rings. The first kappa shape index (κ1) is 28.2. The maximum Gasteiger partial charge on any atom is 0.222 e. The first-order chi connectivity index (χ1) is 19.0. The summed E-state index contributed by atoms with van der Waals surface area (Å²) in [4.78, 5) is 26.0. The SMILES string of the molecule is CCCC(=O)N1CCC(c2c(-c3ccccn3)[nH]c3cc(F)ccc23)CC1.CCCNCc1ccnc(N)c1. The van der Waals surface area contributed by atoms with Gasteiger partial charge in [0.15, 0.2) is 0 Å². The number of nitrogen functional groups attached to an aromatic ring is 1. The summed E-state index contributed by atoms with van der Waals surface area (Å²) in [7, 11) is 0. The van der Waals surface area contributed by atoms with Crippen LogP contribution in [0.15, 0.2) is 60.9 Å². The Labute approximate surface area is 230 Å². The van der Waals surface area contributed by atoms with Crippen molar-refractivity contribution in [3.8, 4) is 11.4 Å². The number of hydrogen-bond donors (Lipinski definition) is 3. The summed E-state index contributed by atoms with van der Waals surface area (Å²) in [5.41, 5.74) is 10.6. The second-order valence-corrected chi connectivity index (χ2v) is 9.99. The lowest BCUT2D eigenvalue weighted by atomic mass is 9.86. The molecular formula is C31H39FN6O. The monoisotopic (exact) mass is 530 g/mol. The van der Waals surface area contributed by atoms with E-state index in [0.29, 0.717) is 18.2 Å². The summed E-state index contributed by atoms with van der Waals surface area (Å²) in [5, 5.41) is 4.35. The van der Waals surface area contributed by atoms with Crippen molar-refractivity contribution < 1.29 is 9.18 Å². The molecular weight excluding hydrogens is 491 g/mol. The predicted molar refractivity (Wildman–Crippen MR) is 156 cm³/mol. The molecule has 1 aliphatic heterocycles. The Morgan fingerprint density at radius 2 is 1.90 bits per heavy atom. The van der Waals surface area contributed by atoms with Crippen LogP contribution in [0.25, 0.3) is 22.3 Å². The largest absolute Gasteiger partial charge is 0.384 e. The smallest absolute Gasteiger partial charge is 0.222 e. The summed E-state index contributed by atoms with van der Waals surface area (Å²) in [6, 6.07) is 14.6. The van der Waals surface area contributed by atoms with Gasteiger partial charge in [-0.1, -0.05) is 19.9 Å². The molecule has 8 heteroatoms. The normalized spacial score (nSPS) is 13.8. The fourth-order valence-corrected chi connectivity index (χ4v) is 5.13. The van der Waals surface area contributed by atoms with Crippen molar-refractivity contribution in [3.63, 3.8) is 0 Å². The van der Waals surface area contributed by atoms with Gasteiger partial charge in [0.05, 0.1) is 11.4 Å². The third kappa shape index (κ3) is 7.41. The molecule has 4 N–H and O–H groups in total. The number of H-pyrrole nitrogens is 1. The van der Waals surface area contributed by atoms with Crippen LogP contribution in [0, 0.1) is 5.82 Å². The van der Waals surface area contributed by atoms with Crippen molar-refractivity contribution in [2.45, 2.75) is 58.4 Å². The van der Waals surface area contributed by atoms with Crippen LogP contribution in [0.5, 0.6) is 0 Å². The number of nitrogens with two attached hydrogens (primary N) is 1. The number of halogens is 1. The first-order valence-corrected chi connectivity index (χ1v) is 13.9. The molecule has 0 radical (unpaired) electrons. The maximum absolute atomic E-state index is 13.8. The van der Waals surface area contributed by atoms with Crippen LogP contribution >= 0.6 is 0 Å². The Hall–Kier alpha value is -3.78. The molecule has 4 aromatic rings. The number of anilines is 1. The summed E-state index contributed by atoms with van der Waals surface area (Å²) < 4.78 is 13.8. The van der Waals surface area contributed by atoms with Crippen LogP contribution < -0.4 is 11.1 Å². The quantitative estimate of drug-likeness (QED) is 0.241. The molecule has 0 unspecified atom stereocenters. The molecule has 206 valence electrons. The van der Waals surface area contributed by atoms with Gasteiger partial charge in [0.2, 0.25) is 5.91 Å². The number of fused-ring (bicyclic) bond motifs is 1. The zero-order valence-corrected chi connectivity index (χ0v) is 22.9. The van der Waals surface area contributed by atoms with E-state index in [1.165, 1.54) is 17.2 Å². The minimum absolute atomic E-state index is 0.247. The van der Waals surface area contributed by atoms with Crippen LogP contribution in [-0.4, -0.2) is 45.4 Å². The Morgan fingerprint density at radius 1 is 1.08 bits per heavy atom. The fourth-order valence-electron chi connectivity index (χ4n) is 5.13. The predicted octanol–water partition coefficient (Wildman–Crippen LogP) is 6.04. The third-order valence-corrected chi connectivity index (χ3v) is 7.04. The molecule has 0 saturated carbocycles. The second-order valence-electron chi connectivity index (χ2n) is 9.99.